The Kier molecular flexibility index (Phi) is 3.07. The van der Waals surface area contributed by atoms with Gasteiger partial charge in [0.2, 0.25) is 0 Å². The smallest absolute Gasteiger partial charge is 0.336 e. The number of aromatic carboxylic acids is 1. The fourth-order valence-electron chi connectivity index (χ4n) is 1.70. The first-order valence-corrected chi connectivity index (χ1v) is 5.15. The van der Waals surface area contributed by atoms with Gasteiger partial charge in [0, 0.05) is 0 Å². The van der Waals surface area contributed by atoms with Gasteiger partial charge in [-0.3, -0.25) is 0 Å². The zero-order valence-electron chi connectivity index (χ0n) is 9.22. The third-order valence-electron chi connectivity index (χ3n) is 2.51. The van der Waals surface area contributed by atoms with E-state index in [-0.39, 0.29) is 11.1 Å². The summed E-state index contributed by atoms with van der Waals surface area (Å²) in [6.07, 6.45) is 0. The Morgan fingerprint density at radius 1 is 1.22 bits per heavy atom. The first-order valence-electron chi connectivity index (χ1n) is 5.15. The molecule has 2 aromatic rings. The maximum Gasteiger partial charge on any atom is 0.336 e. The van der Waals surface area contributed by atoms with E-state index in [4.69, 9.17) is 10.4 Å². The standard InChI is InChI=1S/C14H8FNO2/c15-11-4-5-12(14(17)18)13(7-11)10-3-1-2-9(6-10)8-16/h1-7H,(H,17,18). The van der Waals surface area contributed by atoms with E-state index in [9.17, 15) is 9.18 Å². The minimum atomic E-state index is -1.13. The molecule has 0 aliphatic rings. The van der Waals surface area contributed by atoms with Crippen LogP contribution >= 0.6 is 0 Å². The van der Waals surface area contributed by atoms with Gasteiger partial charge in [0.05, 0.1) is 17.2 Å². The molecule has 0 radical (unpaired) electrons. The third kappa shape index (κ3) is 2.20. The molecule has 3 nitrogen and oxygen atoms in total. The molecule has 0 aliphatic heterocycles. The molecule has 18 heavy (non-hydrogen) atoms. The Bertz CT molecular complexity index is 659. The number of carboxylic acids is 1. The summed E-state index contributed by atoms with van der Waals surface area (Å²) in [4.78, 5) is 11.1. The number of hydrogen-bond acceptors (Lipinski definition) is 2. The third-order valence-corrected chi connectivity index (χ3v) is 2.51. The van der Waals surface area contributed by atoms with Crippen LogP contribution in [0.25, 0.3) is 11.1 Å². The zero-order chi connectivity index (χ0) is 13.1. The van der Waals surface area contributed by atoms with Gasteiger partial charge >= 0.3 is 5.97 Å². The van der Waals surface area contributed by atoms with E-state index in [0.29, 0.717) is 11.1 Å². The molecule has 2 rings (SSSR count). The van der Waals surface area contributed by atoms with Crippen LogP contribution in [0, 0.1) is 17.1 Å². The summed E-state index contributed by atoms with van der Waals surface area (Å²) < 4.78 is 13.2. The van der Waals surface area contributed by atoms with Gasteiger partial charge in [0.15, 0.2) is 0 Å². The number of halogens is 1. The highest BCUT2D eigenvalue weighted by Gasteiger charge is 2.12. The molecule has 0 spiro atoms. The van der Waals surface area contributed by atoms with Crippen LogP contribution in [-0.4, -0.2) is 11.1 Å². The molecule has 1 N–H and O–H groups in total. The molecule has 0 atom stereocenters. The Hall–Kier alpha value is -2.67. The van der Waals surface area contributed by atoms with Crippen molar-refractivity contribution < 1.29 is 14.3 Å². The maximum absolute atomic E-state index is 13.2. The summed E-state index contributed by atoms with van der Waals surface area (Å²) in [5, 5.41) is 17.9. The lowest BCUT2D eigenvalue weighted by Crippen LogP contribution is -2.00. The maximum atomic E-state index is 13.2. The topological polar surface area (TPSA) is 61.1 Å². The second-order valence-corrected chi connectivity index (χ2v) is 3.69. The van der Waals surface area contributed by atoms with E-state index in [0.717, 1.165) is 12.1 Å². The first-order chi connectivity index (χ1) is 8.61. The number of rotatable bonds is 2. The van der Waals surface area contributed by atoms with Gasteiger partial charge in [0.25, 0.3) is 0 Å². The van der Waals surface area contributed by atoms with Crippen LogP contribution in [0.15, 0.2) is 42.5 Å². The Morgan fingerprint density at radius 2 is 2.00 bits per heavy atom. The summed E-state index contributed by atoms with van der Waals surface area (Å²) in [5.74, 6) is -1.65. The lowest BCUT2D eigenvalue weighted by atomic mass is 9.98. The van der Waals surface area contributed by atoms with Gasteiger partial charge in [-0.2, -0.15) is 5.26 Å². The Labute approximate surface area is 103 Å². The molecule has 0 bridgehead atoms. The Morgan fingerprint density at radius 3 is 2.67 bits per heavy atom. The van der Waals surface area contributed by atoms with Gasteiger partial charge in [-0.25, -0.2) is 9.18 Å². The number of nitriles is 1. The van der Waals surface area contributed by atoms with Gasteiger partial charge in [-0.15, -0.1) is 0 Å². The second-order valence-electron chi connectivity index (χ2n) is 3.69. The molecule has 0 aromatic heterocycles. The molecule has 0 unspecified atom stereocenters. The molecule has 0 saturated carbocycles. The molecule has 0 fully saturated rings. The lowest BCUT2D eigenvalue weighted by molar-refractivity contribution is 0.0697. The molecule has 0 aliphatic carbocycles. The van der Waals surface area contributed by atoms with Crippen LogP contribution in [0.4, 0.5) is 4.39 Å². The second kappa shape index (κ2) is 4.68. The van der Waals surface area contributed by atoms with Crippen molar-refractivity contribution in [1.29, 1.82) is 5.26 Å². The van der Waals surface area contributed by atoms with Crippen LogP contribution in [0.2, 0.25) is 0 Å². The summed E-state index contributed by atoms with van der Waals surface area (Å²) in [7, 11) is 0. The van der Waals surface area contributed by atoms with Crippen molar-refractivity contribution in [2.75, 3.05) is 0 Å². The van der Waals surface area contributed by atoms with E-state index in [1.54, 1.807) is 18.2 Å². The van der Waals surface area contributed by atoms with Crippen LogP contribution in [0.5, 0.6) is 0 Å². The normalized spacial score (nSPS) is 9.78. The van der Waals surface area contributed by atoms with Crippen molar-refractivity contribution in [2.24, 2.45) is 0 Å². The van der Waals surface area contributed by atoms with Crippen molar-refractivity contribution in [1.82, 2.24) is 0 Å². The van der Waals surface area contributed by atoms with Crippen LogP contribution < -0.4 is 0 Å². The van der Waals surface area contributed by atoms with E-state index >= 15 is 0 Å². The minimum Gasteiger partial charge on any atom is -0.478 e. The average Bonchev–Trinajstić information content (AvgIpc) is 2.38. The van der Waals surface area contributed by atoms with Gasteiger partial charge in [0.1, 0.15) is 5.82 Å². The average molecular weight is 241 g/mol. The summed E-state index contributed by atoms with van der Waals surface area (Å²) in [5.41, 5.74) is 1.17. The van der Waals surface area contributed by atoms with Crippen LogP contribution in [-0.2, 0) is 0 Å². The predicted molar refractivity (Wildman–Crippen MR) is 63.5 cm³/mol. The van der Waals surface area contributed by atoms with Crippen molar-refractivity contribution in [3.05, 3.63) is 59.4 Å². The van der Waals surface area contributed by atoms with E-state index in [2.05, 4.69) is 0 Å². The van der Waals surface area contributed by atoms with E-state index in [1.165, 1.54) is 12.1 Å². The minimum absolute atomic E-state index is 0.00601. The molecule has 2 aromatic carbocycles. The summed E-state index contributed by atoms with van der Waals surface area (Å²) in [6, 6.07) is 11.8. The quantitative estimate of drug-likeness (QED) is 0.878. The van der Waals surface area contributed by atoms with Gasteiger partial charge < -0.3 is 5.11 Å². The SMILES string of the molecule is N#Cc1cccc(-c2cc(F)ccc2C(=O)O)c1. The van der Waals surface area contributed by atoms with Crippen molar-refractivity contribution in [2.45, 2.75) is 0 Å². The van der Waals surface area contributed by atoms with E-state index in [1.807, 2.05) is 6.07 Å². The van der Waals surface area contributed by atoms with Gasteiger partial charge in [-0.1, -0.05) is 12.1 Å². The molecular weight excluding hydrogens is 233 g/mol. The highest BCUT2D eigenvalue weighted by Crippen LogP contribution is 2.25. The molecule has 88 valence electrons. The molecule has 0 heterocycles. The highest BCUT2D eigenvalue weighted by molar-refractivity contribution is 5.96. The molecule has 4 heteroatoms. The molecular formula is C14H8FNO2. The highest BCUT2D eigenvalue weighted by atomic mass is 19.1. The molecule has 0 saturated heterocycles. The summed E-state index contributed by atoms with van der Waals surface area (Å²) in [6.45, 7) is 0. The zero-order valence-corrected chi connectivity index (χ0v) is 9.22. The number of benzene rings is 2. The largest absolute Gasteiger partial charge is 0.478 e. The summed E-state index contributed by atoms with van der Waals surface area (Å²) >= 11 is 0. The number of carbonyl (C=O) groups is 1. The van der Waals surface area contributed by atoms with Crippen molar-refractivity contribution in [3.63, 3.8) is 0 Å². The van der Waals surface area contributed by atoms with Crippen LogP contribution in [0.1, 0.15) is 15.9 Å². The number of nitrogens with zero attached hydrogens (tertiary/aromatic N) is 1. The van der Waals surface area contributed by atoms with Crippen LogP contribution in [0.3, 0.4) is 0 Å². The lowest BCUT2D eigenvalue weighted by Gasteiger charge is -2.06. The first kappa shape index (κ1) is 11.8. The Balaban J connectivity index is 2.66. The fraction of sp³-hybridized carbons (Fsp3) is 0. The monoisotopic (exact) mass is 241 g/mol. The predicted octanol–water partition coefficient (Wildman–Crippen LogP) is 3.06. The fourth-order valence-corrected chi connectivity index (χ4v) is 1.70. The van der Waals surface area contributed by atoms with Gasteiger partial charge in [-0.05, 0) is 41.5 Å². The van der Waals surface area contributed by atoms with E-state index < -0.39 is 11.8 Å². The van der Waals surface area contributed by atoms with Crippen molar-refractivity contribution >= 4 is 5.97 Å². The van der Waals surface area contributed by atoms with Crippen molar-refractivity contribution in [3.8, 4) is 17.2 Å². The number of hydrogen-bond donors (Lipinski definition) is 1. The number of carboxylic acid groups (broad SMARTS) is 1. The molecule has 0 amide bonds.